The zero-order valence-corrected chi connectivity index (χ0v) is 19.0. The van der Waals surface area contributed by atoms with Crippen LogP contribution in [0.1, 0.15) is 25.8 Å². The molecule has 0 bridgehead atoms. The summed E-state index contributed by atoms with van der Waals surface area (Å²) in [5.74, 6) is 1.63. The van der Waals surface area contributed by atoms with Crippen LogP contribution < -0.4 is 5.32 Å². The molecule has 1 N–H and O–H groups in total. The first-order valence-corrected chi connectivity index (χ1v) is 9.37. The third-order valence-electron chi connectivity index (χ3n) is 4.64. The Labute approximate surface area is 176 Å². The fourth-order valence-electron chi connectivity index (χ4n) is 3.37. The number of guanidine groups is 1. The van der Waals surface area contributed by atoms with Gasteiger partial charge in [-0.2, -0.15) is 0 Å². The van der Waals surface area contributed by atoms with Crippen LogP contribution in [0, 0.1) is 5.92 Å². The predicted octanol–water partition coefficient (Wildman–Crippen LogP) is 3.06. The molecule has 0 saturated carbocycles. The maximum atomic E-state index is 5.51. The first kappa shape index (κ1) is 23.2. The van der Waals surface area contributed by atoms with Crippen LogP contribution in [0.15, 0.2) is 35.3 Å². The van der Waals surface area contributed by atoms with Crippen molar-refractivity contribution < 1.29 is 4.74 Å². The summed E-state index contributed by atoms with van der Waals surface area (Å²) in [5.41, 5.74) is 1.29. The molecule has 0 aliphatic carbocycles. The van der Waals surface area contributed by atoms with Crippen molar-refractivity contribution in [3.63, 3.8) is 0 Å². The quantitative estimate of drug-likeness (QED) is 0.375. The number of benzene rings is 1. The third kappa shape index (κ3) is 7.80. The summed E-state index contributed by atoms with van der Waals surface area (Å²) in [6.07, 6.45) is 1.19. The van der Waals surface area contributed by atoms with Crippen molar-refractivity contribution in [2.45, 2.75) is 32.9 Å². The molecule has 1 aliphatic heterocycles. The Morgan fingerprint density at radius 2 is 1.88 bits per heavy atom. The Morgan fingerprint density at radius 1 is 1.23 bits per heavy atom. The minimum atomic E-state index is 0. The van der Waals surface area contributed by atoms with Gasteiger partial charge >= 0.3 is 0 Å². The lowest BCUT2D eigenvalue weighted by Crippen LogP contribution is -2.51. The monoisotopic (exact) mass is 474 g/mol. The molecule has 2 rings (SSSR count). The Kier molecular flexibility index (Phi) is 11.2. The molecule has 148 valence electrons. The average molecular weight is 474 g/mol. The van der Waals surface area contributed by atoms with Gasteiger partial charge in [0.25, 0.3) is 0 Å². The van der Waals surface area contributed by atoms with E-state index in [-0.39, 0.29) is 24.0 Å². The highest BCUT2D eigenvalue weighted by Gasteiger charge is 2.22. The minimum Gasteiger partial charge on any atom is -0.379 e. The molecule has 1 aliphatic rings. The van der Waals surface area contributed by atoms with E-state index < -0.39 is 0 Å². The number of halogens is 1. The van der Waals surface area contributed by atoms with Gasteiger partial charge in [0.1, 0.15) is 0 Å². The van der Waals surface area contributed by atoms with E-state index in [0.29, 0.717) is 12.0 Å². The van der Waals surface area contributed by atoms with E-state index in [0.717, 1.165) is 45.4 Å². The van der Waals surface area contributed by atoms with Crippen LogP contribution in [0.4, 0.5) is 0 Å². The molecule has 0 aromatic heterocycles. The van der Waals surface area contributed by atoms with Gasteiger partial charge < -0.3 is 15.0 Å². The Bertz CT molecular complexity index is 518. The molecule has 1 aromatic rings. The van der Waals surface area contributed by atoms with Crippen molar-refractivity contribution in [3.05, 3.63) is 35.9 Å². The van der Waals surface area contributed by atoms with Gasteiger partial charge in [-0.05, 0) is 17.9 Å². The number of hydrogen-bond acceptors (Lipinski definition) is 3. The van der Waals surface area contributed by atoms with Crippen molar-refractivity contribution in [3.8, 4) is 0 Å². The summed E-state index contributed by atoms with van der Waals surface area (Å²) in [6, 6.07) is 11.0. The Hall–Kier alpha value is -0.860. The second kappa shape index (κ2) is 12.5. The molecule has 0 spiro atoms. The third-order valence-corrected chi connectivity index (χ3v) is 4.64. The number of hydrogen-bond donors (Lipinski definition) is 1. The van der Waals surface area contributed by atoms with Crippen LogP contribution in [-0.4, -0.2) is 68.7 Å². The van der Waals surface area contributed by atoms with Crippen molar-refractivity contribution in [2.24, 2.45) is 10.9 Å². The summed E-state index contributed by atoms with van der Waals surface area (Å²) < 4.78 is 5.51. The molecular weight excluding hydrogens is 439 g/mol. The van der Waals surface area contributed by atoms with Crippen LogP contribution in [0.5, 0.6) is 0 Å². The van der Waals surface area contributed by atoms with Gasteiger partial charge in [-0.3, -0.25) is 9.89 Å². The summed E-state index contributed by atoms with van der Waals surface area (Å²) in [7, 11) is 3.95. The zero-order chi connectivity index (χ0) is 18.1. The molecule has 1 atom stereocenters. The van der Waals surface area contributed by atoms with E-state index >= 15 is 0 Å². The fraction of sp³-hybridized carbons (Fsp3) is 0.650. The standard InChI is InChI=1S/C20H34N4O.HI/c1-17(2)14-19(24-10-12-25-13-11-24)15-22-20(21-3)23(4)16-18-8-6-5-7-9-18;/h5-9,17,19H,10-16H2,1-4H3,(H,21,22);1H. The predicted molar refractivity (Wildman–Crippen MR) is 120 cm³/mol. The van der Waals surface area contributed by atoms with Crippen LogP contribution in [-0.2, 0) is 11.3 Å². The molecule has 26 heavy (non-hydrogen) atoms. The molecule has 6 heteroatoms. The molecule has 5 nitrogen and oxygen atoms in total. The van der Waals surface area contributed by atoms with Gasteiger partial charge in [-0.1, -0.05) is 44.2 Å². The van der Waals surface area contributed by atoms with Crippen LogP contribution in [0.25, 0.3) is 0 Å². The number of nitrogens with zero attached hydrogens (tertiary/aromatic N) is 3. The largest absolute Gasteiger partial charge is 0.379 e. The molecule has 1 saturated heterocycles. The zero-order valence-electron chi connectivity index (χ0n) is 16.6. The van der Waals surface area contributed by atoms with E-state index in [1.54, 1.807) is 0 Å². The van der Waals surface area contributed by atoms with Crippen LogP contribution >= 0.6 is 24.0 Å². The van der Waals surface area contributed by atoms with Gasteiger partial charge in [-0.15, -0.1) is 24.0 Å². The van der Waals surface area contributed by atoms with Gasteiger partial charge in [0.15, 0.2) is 5.96 Å². The van der Waals surface area contributed by atoms with Crippen molar-refractivity contribution in [1.82, 2.24) is 15.1 Å². The topological polar surface area (TPSA) is 40.1 Å². The fourth-order valence-corrected chi connectivity index (χ4v) is 3.37. The Balaban J connectivity index is 0.00000338. The SMILES string of the molecule is CN=C(NCC(CC(C)C)N1CCOCC1)N(C)Cc1ccccc1.I. The lowest BCUT2D eigenvalue weighted by molar-refractivity contribution is 0.0131. The second-order valence-electron chi connectivity index (χ2n) is 7.20. The maximum absolute atomic E-state index is 5.51. The second-order valence-corrected chi connectivity index (χ2v) is 7.20. The van der Waals surface area contributed by atoms with Gasteiger partial charge in [0, 0.05) is 46.3 Å². The average Bonchev–Trinajstić information content (AvgIpc) is 2.62. The molecule has 0 amide bonds. The number of rotatable bonds is 7. The van der Waals surface area contributed by atoms with Crippen molar-refractivity contribution in [1.29, 1.82) is 0 Å². The minimum absolute atomic E-state index is 0. The number of morpholine rings is 1. The van der Waals surface area contributed by atoms with Crippen molar-refractivity contribution in [2.75, 3.05) is 46.9 Å². The van der Waals surface area contributed by atoms with E-state index in [9.17, 15) is 0 Å². The highest BCUT2D eigenvalue weighted by atomic mass is 127. The smallest absolute Gasteiger partial charge is 0.193 e. The summed E-state index contributed by atoms with van der Waals surface area (Å²) >= 11 is 0. The number of nitrogens with one attached hydrogen (secondary N) is 1. The summed E-state index contributed by atoms with van der Waals surface area (Å²) in [6.45, 7) is 10.1. The lowest BCUT2D eigenvalue weighted by Gasteiger charge is -2.36. The lowest BCUT2D eigenvalue weighted by atomic mass is 10.0. The number of ether oxygens (including phenoxy) is 1. The summed E-state index contributed by atoms with van der Waals surface area (Å²) in [5, 5.41) is 3.59. The van der Waals surface area contributed by atoms with Gasteiger partial charge in [-0.25, -0.2) is 0 Å². The molecule has 1 fully saturated rings. The molecule has 1 unspecified atom stereocenters. The Morgan fingerprint density at radius 3 is 2.46 bits per heavy atom. The highest BCUT2D eigenvalue weighted by molar-refractivity contribution is 14.0. The van der Waals surface area contributed by atoms with Gasteiger partial charge in [0.2, 0.25) is 0 Å². The molecule has 1 aromatic carbocycles. The van der Waals surface area contributed by atoms with Crippen LogP contribution in [0.2, 0.25) is 0 Å². The first-order valence-electron chi connectivity index (χ1n) is 9.37. The molecule has 0 radical (unpaired) electrons. The molecular formula is C20H35IN4O. The molecule has 1 heterocycles. The van der Waals surface area contributed by atoms with Gasteiger partial charge in [0.05, 0.1) is 13.2 Å². The van der Waals surface area contributed by atoms with Crippen molar-refractivity contribution >= 4 is 29.9 Å². The van der Waals surface area contributed by atoms with E-state index in [1.165, 1.54) is 12.0 Å². The van der Waals surface area contributed by atoms with Crippen LogP contribution in [0.3, 0.4) is 0 Å². The van der Waals surface area contributed by atoms with E-state index in [1.807, 2.05) is 7.05 Å². The number of aliphatic imine (C=N–C) groups is 1. The first-order chi connectivity index (χ1) is 12.1. The van der Waals surface area contributed by atoms with E-state index in [2.05, 4.69) is 71.3 Å². The maximum Gasteiger partial charge on any atom is 0.193 e. The highest BCUT2D eigenvalue weighted by Crippen LogP contribution is 2.13. The summed E-state index contributed by atoms with van der Waals surface area (Å²) in [4.78, 5) is 9.21. The van der Waals surface area contributed by atoms with E-state index in [4.69, 9.17) is 4.74 Å². The normalized spacial score (nSPS) is 16.9.